The van der Waals surface area contributed by atoms with E-state index in [2.05, 4.69) is 20.1 Å². The minimum atomic E-state index is -0.251. The van der Waals surface area contributed by atoms with Crippen LogP contribution in [0.3, 0.4) is 0 Å². The molecule has 5 nitrogen and oxygen atoms in total. The molecule has 1 amide bonds. The van der Waals surface area contributed by atoms with Crippen LogP contribution < -0.4 is 10.2 Å². The normalized spacial score (nSPS) is 16.1. The Morgan fingerprint density at radius 1 is 1.04 bits per heavy atom. The third-order valence-electron chi connectivity index (χ3n) is 5.24. The second kappa shape index (κ2) is 7.94. The molecule has 1 atom stereocenters. The largest absolute Gasteiger partial charge is 0.354 e. The number of halogens is 1. The van der Waals surface area contributed by atoms with Gasteiger partial charge < -0.3 is 10.2 Å². The van der Waals surface area contributed by atoms with Crippen molar-refractivity contribution in [3.8, 4) is 0 Å². The van der Waals surface area contributed by atoms with E-state index >= 15 is 0 Å². The van der Waals surface area contributed by atoms with Gasteiger partial charge in [0.25, 0.3) is 0 Å². The maximum Gasteiger partial charge on any atom is 0.241 e. The average Bonchev–Trinajstić information content (AvgIpc) is 2.73. The first-order valence-corrected chi connectivity index (χ1v) is 9.51. The van der Waals surface area contributed by atoms with Gasteiger partial charge >= 0.3 is 0 Å². The molecule has 1 fully saturated rings. The molecule has 144 valence electrons. The summed E-state index contributed by atoms with van der Waals surface area (Å²) in [5.74, 6) is 0.643. The molecule has 1 aliphatic rings. The molecule has 0 spiro atoms. The van der Waals surface area contributed by atoms with Gasteiger partial charge in [-0.25, -0.2) is 9.37 Å². The highest BCUT2D eigenvalue weighted by Gasteiger charge is 2.26. The molecule has 0 bridgehead atoms. The number of fused-ring (bicyclic) bond motifs is 1. The number of anilines is 2. The molecule has 0 saturated carbocycles. The van der Waals surface area contributed by atoms with Crippen LogP contribution in [0.25, 0.3) is 10.9 Å². The van der Waals surface area contributed by atoms with Crippen molar-refractivity contribution in [3.63, 3.8) is 0 Å². The van der Waals surface area contributed by atoms with Gasteiger partial charge in [-0.15, -0.1) is 0 Å². The zero-order valence-corrected chi connectivity index (χ0v) is 15.8. The number of benzene rings is 2. The lowest BCUT2D eigenvalue weighted by Gasteiger charge is -2.38. The van der Waals surface area contributed by atoms with Gasteiger partial charge in [-0.05, 0) is 49.4 Å². The Kier molecular flexibility index (Phi) is 5.21. The van der Waals surface area contributed by atoms with Crippen molar-refractivity contribution in [3.05, 3.63) is 66.5 Å². The number of nitrogens with zero attached hydrogens (tertiary/aromatic N) is 3. The number of aromatic nitrogens is 1. The molecule has 4 rings (SSSR count). The van der Waals surface area contributed by atoms with E-state index in [1.165, 1.54) is 12.1 Å². The summed E-state index contributed by atoms with van der Waals surface area (Å²) in [5.41, 5.74) is 1.60. The highest BCUT2D eigenvalue weighted by Crippen LogP contribution is 2.21. The van der Waals surface area contributed by atoms with Crippen LogP contribution in [0.2, 0.25) is 0 Å². The Hall–Kier alpha value is -2.99. The smallest absolute Gasteiger partial charge is 0.241 e. The number of piperazine rings is 1. The number of hydrogen-bond acceptors (Lipinski definition) is 4. The molecule has 1 aromatic heterocycles. The maximum atomic E-state index is 13.3. The van der Waals surface area contributed by atoms with E-state index in [-0.39, 0.29) is 17.8 Å². The Balaban J connectivity index is 1.37. The summed E-state index contributed by atoms with van der Waals surface area (Å²) in [6.07, 6.45) is 0. The van der Waals surface area contributed by atoms with Crippen LogP contribution in [0.15, 0.2) is 60.7 Å². The summed E-state index contributed by atoms with van der Waals surface area (Å²) in [6.45, 7) is 5.10. The fourth-order valence-electron chi connectivity index (χ4n) is 3.53. The van der Waals surface area contributed by atoms with Crippen molar-refractivity contribution in [1.29, 1.82) is 0 Å². The van der Waals surface area contributed by atoms with E-state index < -0.39 is 0 Å². The van der Waals surface area contributed by atoms with E-state index in [1.807, 2.05) is 49.4 Å². The number of hydrogen-bond donors (Lipinski definition) is 1. The Morgan fingerprint density at radius 2 is 1.79 bits per heavy atom. The Morgan fingerprint density at radius 3 is 2.54 bits per heavy atom. The molecule has 3 aromatic rings. The van der Waals surface area contributed by atoms with E-state index in [1.54, 1.807) is 6.07 Å². The van der Waals surface area contributed by atoms with Crippen molar-refractivity contribution >= 4 is 28.3 Å². The molecule has 0 aliphatic carbocycles. The summed E-state index contributed by atoms with van der Waals surface area (Å²) in [4.78, 5) is 21.6. The third kappa shape index (κ3) is 3.97. The predicted molar refractivity (Wildman–Crippen MR) is 110 cm³/mol. The van der Waals surface area contributed by atoms with Crippen molar-refractivity contribution in [2.24, 2.45) is 0 Å². The van der Waals surface area contributed by atoms with Gasteiger partial charge in [0.2, 0.25) is 5.91 Å². The molecule has 6 heteroatoms. The fraction of sp³-hybridized carbons (Fsp3) is 0.273. The van der Waals surface area contributed by atoms with E-state index in [0.29, 0.717) is 0 Å². The molecule has 2 heterocycles. The highest BCUT2D eigenvalue weighted by molar-refractivity contribution is 5.94. The quantitative estimate of drug-likeness (QED) is 0.755. The molecule has 2 aromatic carbocycles. The first-order valence-electron chi connectivity index (χ1n) is 9.51. The predicted octanol–water partition coefficient (Wildman–Crippen LogP) is 3.52. The number of amides is 1. The number of carbonyl (C=O) groups is 1. The molecule has 1 aliphatic heterocycles. The Labute approximate surface area is 163 Å². The fourth-order valence-corrected chi connectivity index (χ4v) is 3.53. The molecular formula is C22H23FN4O. The summed E-state index contributed by atoms with van der Waals surface area (Å²) < 4.78 is 13.3. The number of para-hydroxylation sites is 1. The maximum absolute atomic E-state index is 13.3. The van der Waals surface area contributed by atoms with Crippen molar-refractivity contribution in [2.75, 3.05) is 36.4 Å². The van der Waals surface area contributed by atoms with Gasteiger partial charge in [0.1, 0.15) is 11.6 Å². The first-order chi connectivity index (χ1) is 13.6. The second-order valence-electron chi connectivity index (χ2n) is 7.06. The van der Waals surface area contributed by atoms with Gasteiger partial charge in [-0.2, -0.15) is 0 Å². The molecule has 1 saturated heterocycles. The van der Waals surface area contributed by atoms with E-state index in [0.717, 1.165) is 48.6 Å². The van der Waals surface area contributed by atoms with Crippen LogP contribution in [-0.4, -0.2) is 48.0 Å². The van der Waals surface area contributed by atoms with E-state index in [9.17, 15) is 9.18 Å². The van der Waals surface area contributed by atoms with Gasteiger partial charge in [-0.1, -0.05) is 18.2 Å². The third-order valence-corrected chi connectivity index (χ3v) is 5.24. The van der Waals surface area contributed by atoms with Crippen LogP contribution in [0, 0.1) is 5.82 Å². The number of rotatable bonds is 4. The van der Waals surface area contributed by atoms with Crippen LogP contribution in [0.4, 0.5) is 15.9 Å². The van der Waals surface area contributed by atoms with Crippen molar-refractivity contribution < 1.29 is 9.18 Å². The van der Waals surface area contributed by atoms with Crippen LogP contribution in [0.1, 0.15) is 6.92 Å². The molecular weight excluding hydrogens is 355 g/mol. The zero-order chi connectivity index (χ0) is 19.5. The summed E-state index contributed by atoms with van der Waals surface area (Å²) >= 11 is 0. The minimum Gasteiger partial charge on any atom is -0.354 e. The topological polar surface area (TPSA) is 48.5 Å². The van der Waals surface area contributed by atoms with Crippen LogP contribution in [0.5, 0.6) is 0 Å². The summed E-state index contributed by atoms with van der Waals surface area (Å²) in [6, 6.07) is 17.8. The van der Waals surface area contributed by atoms with Gasteiger partial charge in [0.05, 0.1) is 11.6 Å². The number of carbonyl (C=O) groups excluding carboxylic acids is 1. The van der Waals surface area contributed by atoms with Crippen LogP contribution in [-0.2, 0) is 4.79 Å². The van der Waals surface area contributed by atoms with Gasteiger partial charge in [0.15, 0.2) is 0 Å². The molecule has 28 heavy (non-hydrogen) atoms. The lowest BCUT2D eigenvalue weighted by atomic mass is 10.2. The van der Waals surface area contributed by atoms with E-state index in [4.69, 9.17) is 0 Å². The first kappa shape index (κ1) is 18.4. The monoisotopic (exact) mass is 378 g/mol. The lowest BCUT2D eigenvalue weighted by molar-refractivity contribution is -0.120. The second-order valence-corrected chi connectivity index (χ2v) is 7.06. The lowest BCUT2D eigenvalue weighted by Crippen LogP contribution is -2.53. The summed E-state index contributed by atoms with van der Waals surface area (Å²) in [5, 5.41) is 3.77. The van der Waals surface area contributed by atoms with Gasteiger partial charge in [0, 0.05) is 37.3 Å². The Bertz CT molecular complexity index is 971. The average molecular weight is 378 g/mol. The molecule has 0 radical (unpaired) electrons. The zero-order valence-electron chi connectivity index (χ0n) is 15.8. The molecule has 1 N–H and O–H groups in total. The van der Waals surface area contributed by atoms with Crippen molar-refractivity contribution in [1.82, 2.24) is 9.88 Å². The SMILES string of the molecule is CC(C(=O)Nc1ccccc1)N1CCN(c2ccc3cc(F)ccc3n2)CC1. The van der Waals surface area contributed by atoms with Crippen LogP contribution >= 0.6 is 0 Å². The number of nitrogens with one attached hydrogen (secondary N) is 1. The van der Waals surface area contributed by atoms with Crippen molar-refractivity contribution in [2.45, 2.75) is 13.0 Å². The highest BCUT2D eigenvalue weighted by atomic mass is 19.1. The summed E-state index contributed by atoms with van der Waals surface area (Å²) in [7, 11) is 0. The number of pyridine rings is 1. The minimum absolute atomic E-state index is 0.00510. The van der Waals surface area contributed by atoms with Gasteiger partial charge in [-0.3, -0.25) is 9.69 Å². The molecule has 1 unspecified atom stereocenters. The standard InChI is InChI=1S/C22H23FN4O/c1-16(22(28)24-19-5-3-2-4-6-19)26-11-13-27(14-12-26)21-10-7-17-15-18(23)8-9-20(17)25-21/h2-10,15-16H,11-14H2,1H3,(H,24,28).